The van der Waals surface area contributed by atoms with Crippen molar-refractivity contribution in [3.05, 3.63) is 94.9 Å². The van der Waals surface area contributed by atoms with Crippen molar-refractivity contribution in [1.29, 1.82) is 0 Å². The maximum Gasteiger partial charge on any atom is 0.343 e. The van der Waals surface area contributed by atoms with E-state index in [2.05, 4.69) is 5.32 Å². The number of para-hydroxylation sites is 2. The number of benzene rings is 3. The molecular formula is C25H18ClFN2O5. The Labute approximate surface area is 199 Å². The molecule has 1 N–H and O–H groups in total. The van der Waals surface area contributed by atoms with E-state index in [1.807, 2.05) is 0 Å². The molecule has 7 nitrogen and oxygen atoms in total. The molecule has 0 saturated carbocycles. The molecule has 1 aliphatic rings. The van der Waals surface area contributed by atoms with E-state index < -0.39 is 23.6 Å². The largest absolute Gasteiger partial charge is 0.492 e. The van der Waals surface area contributed by atoms with Gasteiger partial charge in [-0.3, -0.25) is 9.59 Å². The van der Waals surface area contributed by atoms with Crippen LogP contribution in [0.3, 0.4) is 0 Å². The van der Waals surface area contributed by atoms with Crippen LogP contribution in [0.1, 0.15) is 17.3 Å². The Bertz CT molecular complexity index is 1290. The maximum atomic E-state index is 13.0. The molecule has 4 rings (SSSR count). The molecular weight excluding hydrogens is 463 g/mol. The predicted octanol–water partition coefficient (Wildman–Crippen LogP) is 4.88. The molecule has 9 heteroatoms. The van der Waals surface area contributed by atoms with Crippen molar-refractivity contribution in [1.82, 2.24) is 0 Å². The molecule has 1 aliphatic heterocycles. The summed E-state index contributed by atoms with van der Waals surface area (Å²) in [6, 6.07) is 17.7. The summed E-state index contributed by atoms with van der Waals surface area (Å²) in [4.78, 5) is 39.0. The average molecular weight is 481 g/mol. The third-order valence-electron chi connectivity index (χ3n) is 4.85. The van der Waals surface area contributed by atoms with Gasteiger partial charge < -0.3 is 14.8 Å². The van der Waals surface area contributed by atoms with Crippen LogP contribution in [0.25, 0.3) is 0 Å². The molecule has 3 aromatic rings. The molecule has 0 spiro atoms. The summed E-state index contributed by atoms with van der Waals surface area (Å²) in [5.41, 5.74) is 0.844. The number of carbonyl (C=O) groups excluding carboxylic acids is 3. The lowest BCUT2D eigenvalue weighted by Gasteiger charge is -2.18. The number of amides is 2. The number of hydrogen-bond donors (Lipinski definition) is 1. The average Bonchev–Trinajstić information content (AvgIpc) is 3.04. The van der Waals surface area contributed by atoms with Crippen molar-refractivity contribution in [2.75, 3.05) is 16.8 Å². The van der Waals surface area contributed by atoms with Crippen LogP contribution in [-0.2, 0) is 9.59 Å². The Morgan fingerprint density at radius 2 is 1.65 bits per heavy atom. The highest BCUT2D eigenvalue weighted by Crippen LogP contribution is 2.35. The Morgan fingerprint density at radius 3 is 2.32 bits per heavy atom. The molecule has 0 saturated heterocycles. The van der Waals surface area contributed by atoms with Crippen molar-refractivity contribution in [3.63, 3.8) is 0 Å². The van der Waals surface area contributed by atoms with E-state index in [0.29, 0.717) is 18.0 Å². The molecule has 172 valence electrons. The van der Waals surface area contributed by atoms with Gasteiger partial charge in [-0.1, -0.05) is 23.7 Å². The van der Waals surface area contributed by atoms with Crippen molar-refractivity contribution in [2.24, 2.45) is 0 Å². The van der Waals surface area contributed by atoms with Crippen LogP contribution >= 0.6 is 11.6 Å². The quantitative estimate of drug-likeness (QED) is 0.295. The standard InChI is InChI=1S/C25H18ClFN2O5/c1-2-33-20-6-4-3-5-19(20)29-23(30)21(26)22(24(29)31)28-17-11-7-15(8-12-17)25(32)34-18-13-9-16(27)10-14-18/h3-14,28H,2H2,1H3. The smallest absolute Gasteiger partial charge is 0.343 e. The Hall–Kier alpha value is -4.17. The lowest BCUT2D eigenvalue weighted by molar-refractivity contribution is -0.120. The number of ether oxygens (including phenoxy) is 2. The second-order valence-electron chi connectivity index (χ2n) is 7.08. The Morgan fingerprint density at radius 1 is 0.971 bits per heavy atom. The van der Waals surface area contributed by atoms with Gasteiger partial charge in [0.25, 0.3) is 11.8 Å². The highest BCUT2D eigenvalue weighted by atomic mass is 35.5. The minimum absolute atomic E-state index is 0.0976. The molecule has 2 amide bonds. The van der Waals surface area contributed by atoms with E-state index >= 15 is 0 Å². The highest BCUT2D eigenvalue weighted by Gasteiger charge is 2.40. The molecule has 0 aliphatic carbocycles. The maximum absolute atomic E-state index is 13.0. The Balaban J connectivity index is 1.49. The molecule has 34 heavy (non-hydrogen) atoms. The van der Waals surface area contributed by atoms with Gasteiger partial charge in [0.1, 0.15) is 28.0 Å². The summed E-state index contributed by atoms with van der Waals surface area (Å²) in [6.45, 7) is 2.15. The van der Waals surface area contributed by atoms with Gasteiger partial charge in [-0.15, -0.1) is 0 Å². The molecule has 0 radical (unpaired) electrons. The fraction of sp³-hybridized carbons (Fsp3) is 0.0800. The lowest BCUT2D eigenvalue weighted by Crippen LogP contribution is -2.32. The zero-order valence-electron chi connectivity index (χ0n) is 17.9. The van der Waals surface area contributed by atoms with Gasteiger partial charge in [-0.25, -0.2) is 14.1 Å². The van der Waals surface area contributed by atoms with Gasteiger partial charge in [0, 0.05) is 5.69 Å². The monoisotopic (exact) mass is 480 g/mol. The van der Waals surface area contributed by atoms with Gasteiger partial charge in [0.15, 0.2) is 0 Å². The minimum Gasteiger partial charge on any atom is -0.492 e. The van der Waals surface area contributed by atoms with Crippen LogP contribution in [0.2, 0.25) is 0 Å². The number of rotatable bonds is 7. The van der Waals surface area contributed by atoms with Crippen molar-refractivity contribution < 1.29 is 28.2 Å². The summed E-state index contributed by atoms with van der Waals surface area (Å²) in [5, 5.41) is 2.58. The van der Waals surface area contributed by atoms with Crippen LogP contribution in [-0.4, -0.2) is 24.4 Å². The third kappa shape index (κ3) is 4.62. The number of anilines is 2. The topological polar surface area (TPSA) is 84.9 Å². The van der Waals surface area contributed by atoms with Crippen molar-refractivity contribution in [2.45, 2.75) is 6.92 Å². The van der Waals surface area contributed by atoms with Gasteiger partial charge in [0.2, 0.25) is 0 Å². The molecule has 0 fully saturated rings. The fourth-order valence-corrected chi connectivity index (χ4v) is 3.46. The first-order valence-electron chi connectivity index (χ1n) is 10.2. The van der Waals surface area contributed by atoms with E-state index in [1.54, 1.807) is 31.2 Å². The fourth-order valence-electron chi connectivity index (χ4n) is 3.25. The van der Waals surface area contributed by atoms with Crippen LogP contribution in [0, 0.1) is 5.82 Å². The number of esters is 1. The molecule has 0 atom stereocenters. The number of hydrogen-bond acceptors (Lipinski definition) is 6. The van der Waals surface area contributed by atoms with Crippen molar-refractivity contribution >= 4 is 40.8 Å². The molecule has 0 unspecified atom stereocenters. The Kier molecular flexibility index (Phi) is 6.60. The van der Waals surface area contributed by atoms with E-state index in [0.717, 1.165) is 4.90 Å². The summed E-state index contributed by atoms with van der Waals surface area (Å²) in [7, 11) is 0. The first-order chi connectivity index (χ1) is 16.4. The van der Waals surface area contributed by atoms with E-state index in [-0.39, 0.29) is 27.7 Å². The highest BCUT2D eigenvalue weighted by molar-refractivity contribution is 6.53. The molecule has 0 aromatic heterocycles. The number of nitrogens with one attached hydrogen (secondary N) is 1. The number of carbonyl (C=O) groups is 3. The zero-order valence-corrected chi connectivity index (χ0v) is 18.6. The minimum atomic E-state index is -0.680. The molecule has 3 aromatic carbocycles. The van der Waals surface area contributed by atoms with Crippen LogP contribution < -0.4 is 19.7 Å². The van der Waals surface area contributed by atoms with Gasteiger partial charge in [-0.05, 0) is 67.6 Å². The van der Waals surface area contributed by atoms with Crippen LogP contribution in [0.5, 0.6) is 11.5 Å². The number of halogens is 2. The summed E-state index contributed by atoms with van der Waals surface area (Å²) in [6.07, 6.45) is 0. The third-order valence-corrected chi connectivity index (χ3v) is 5.20. The zero-order chi connectivity index (χ0) is 24.2. The molecule has 1 heterocycles. The van der Waals surface area contributed by atoms with Gasteiger partial charge in [0.05, 0.1) is 17.9 Å². The summed E-state index contributed by atoms with van der Waals surface area (Å²) >= 11 is 6.19. The first kappa shape index (κ1) is 23.0. The summed E-state index contributed by atoms with van der Waals surface area (Å²) < 4.78 is 23.7. The molecule has 0 bridgehead atoms. The van der Waals surface area contributed by atoms with Crippen LogP contribution in [0.4, 0.5) is 15.8 Å². The van der Waals surface area contributed by atoms with Gasteiger partial charge in [-0.2, -0.15) is 0 Å². The summed E-state index contributed by atoms with van der Waals surface area (Å²) in [5.74, 6) is -1.82. The number of nitrogens with zero attached hydrogens (tertiary/aromatic N) is 1. The normalized spacial score (nSPS) is 13.3. The van der Waals surface area contributed by atoms with Crippen LogP contribution in [0.15, 0.2) is 83.5 Å². The second kappa shape index (κ2) is 9.76. The number of imide groups is 1. The first-order valence-corrected chi connectivity index (χ1v) is 10.6. The lowest BCUT2D eigenvalue weighted by atomic mass is 10.2. The predicted molar refractivity (Wildman–Crippen MR) is 124 cm³/mol. The van der Waals surface area contributed by atoms with E-state index in [9.17, 15) is 18.8 Å². The SMILES string of the molecule is CCOc1ccccc1N1C(=O)C(Cl)=C(Nc2ccc(C(=O)Oc3ccc(F)cc3)cc2)C1=O. The van der Waals surface area contributed by atoms with E-state index in [4.69, 9.17) is 21.1 Å². The van der Waals surface area contributed by atoms with Gasteiger partial charge >= 0.3 is 5.97 Å². The van der Waals surface area contributed by atoms with E-state index in [1.165, 1.54) is 48.5 Å². The second-order valence-corrected chi connectivity index (χ2v) is 7.46. The van der Waals surface area contributed by atoms with Crippen molar-refractivity contribution in [3.8, 4) is 11.5 Å².